The Morgan fingerprint density at radius 3 is 2.61 bits per heavy atom. The molecule has 1 aliphatic rings. The molecule has 0 aliphatic carbocycles. The Morgan fingerprint density at radius 1 is 1.13 bits per heavy atom. The van der Waals surface area contributed by atoms with Gasteiger partial charge in [-0.3, -0.25) is 4.79 Å². The summed E-state index contributed by atoms with van der Waals surface area (Å²) in [6.07, 6.45) is -2.92. The van der Waals surface area contributed by atoms with Gasteiger partial charge in [0.1, 0.15) is 6.04 Å². The van der Waals surface area contributed by atoms with Crippen LogP contribution in [0.25, 0.3) is 0 Å². The highest BCUT2D eigenvalue weighted by atomic mass is 35.5. The number of alkyl halides is 3. The number of hydrogen-bond acceptors (Lipinski definition) is 2. The van der Waals surface area contributed by atoms with E-state index in [2.05, 4.69) is 10.6 Å². The number of benzene rings is 2. The van der Waals surface area contributed by atoms with Crippen LogP contribution in [-0.4, -0.2) is 36.0 Å². The summed E-state index contributed by atoms with van der Waals surface area (Å²) in [5.41, 5.74) is -0.0120. The van der Waals surface area contributed by atoms with Gasteiger partial charge in [0.15, 0.2) is 0 Å². The fourth-order valence-corrected chi connectivity index (χ4v) is 3.92. The second kappa shape index (κ2) is 9.78. The molecule has 0 spiro atoms. The molecule has 0 radical (unpaired) electrons. The van der Waals surface area contributed by atoms with E-state index in [4.69, 9.17) is 23.2 Å². The maximum atomic E-state index is 12.9. The van der Waals surface area contributed by atoms with Crippen LogP contribution in [0.15, 0.2) is 42.5 Å². The minimum atomic E-state index is -4.51. The number of hydrogen-bond donors (Lipinski definition) is 2. The second-order valence-electron chi connectivity index (χ2n) is 7.14. The summed E-state index contributed by atoms with van der Waals surface area (Å²) in [4.78, 5) is 26.5. The van der Waals surface area contributed by atoms with Gasteiger partial charge < -0.3 is 15.5 Å². The van der Waals surface area contributed by atoms with Gasteiger partial charge in [-0.2, -0.15) is 13.2 Å². The Bertz CT molecular complexity index is 969. The number of likely N-dealkylation sites (tertiary alicyclic amines) is 1. The number of rotatable bonds is 5. The van der Waals surface area contributed by atoms with Gasteiger partial charge in [0.25, 0.3) is 0 Å². The molecule has 0 bridgehead atoms. The predicted molar refractivity (Wildman–Crippen MR) is 113 cm³/mol. The lowest BCUT2D eigenvalue weighted by Gasteiger charge is -2.24. The topological polar surface area (TPSA) is 61.4 Å². The predicted octanol–water partition coefficient (Wildman–Crippen LogP) is 5.37. The van der Waals surface area contributed by atoms with Crippen LogP contribution in [0.5, 0.6) is 0 Å². The third kappa shape index (κ3) is 6.04. The molecule has 3 rings (SSSR count). The fraction of sp³-hybridized carbons (Fsp3) is 0.333. The Hall–Kier alpha value is -2.45. The van der Waals surface area contributed by atoms with E-state index in [9.17, 15) is 22.8 Å². The van der Waals surface area contributed by atoms with Gasteiger partial charge in [0, 0.05) is 28.8 Å². The Kier molecular flexibility index (Phi) is 7.33. The van der Waals surface area contributed by atoms with E-state index in [0.717, 1.165) is 17.7 Å². The minimum Gasteiger partial charge on any atom is -0.354 e. The van der Waals surface area contributed by atoms with Gasteiger partial charge in [-0.1, -0.05) is 35.3 Å². The smallest absolute Gasteiger partial charge is 0.354 e. The first-order valence-electron chi connectivity index (χ1n) is 9.61. The van der Waals surface area contributed by atoms with E-state index < -0.39 is 23.8 Å². The summed E-state index contributed by atoms with van der Waals surface area (Å²) in [5, 5.41) is 6.27. The van der Waals surface area contributed by atoms with Crippen LogP contribution in [0.1, 0.15) is 24.0 Å². The zero-order valence-corrected chi connectivity index (χ0v) is 17.8. The quantitative estimate of drug-likeness (QED) is 0.613. The van der Waals surface area contributed by atoms with Crippen LogP contribution in [0.4, 0.5) is 23.7 Å². The van der Waals surface area contributed by atoms with Crippen molar-refractivity contribution in [2.24, 2.45) is 0 Å². The summed E-state index contributed by atoms with van der Waals surface area (Å²) in [7, 11) is 0. The molecule has 1 unspecified atom stereocenters. The molecule has 1 saturated heterocycles. The molecule has 0 saturated carbocycles. The molecule has 1 heterocycles. The van der Waals surface area contributed by atoms with E-state index in [0.29, 0.717) is 42.4 Å². The van der Waals surface area contributed by atoms with Crippen LogP contribution >= 0.6 is 23.2 Å². The van der Waals surface area contributed by atoms with Crippen molar-refractivity contribution in [3.05, 3.63) is 63.6 Å². The number of halogens is 5. The molecule has 166 valence electrons. The van der Waals surface area contributed by atoms with Gasteiger partial charge in [0.2, 0.25) is 5.91 Å². The van der Waals surface area contributed by atoms with Gasteiger partial charge in [-0.25, -0.2) is 4.79 Å². The molecule has 3 amide bonds. The lowest BCUT2D eigenvalue weighted by atomic mass is 10.1. The Morgan fingerprint density at radius 2 is 1.90 bits per heavy atom. The van der Waals surface area contributed by atoms with Crippen molar-refractivity contribution in [1.82, 2.24) is 10.2 Å². The number of carbonyl (C=O) groups excluding carboxylic acids is 2. The van der Waals surface area contributed by atoms with Crippen molar-refractivity contribution in [1.29, 1.82) is 0 Å². The molecule has 10 heteroatoms. The zero-order valence-electron chi connectivity index (χ0n) is 16.3. The van der Waals surface area contributed by atoms with E-state index in [1.54, 1.807) is 18.2 Å². The SMILES string of the molecule is O=C(NCCc1ccc(Cl)cc1Cl)C1CCCN1C(=O)Nc1cccc(C(F)(F)F)c1. The lowest BCUT2D eigenvalue weighted by molar-refractivity contribution is -0.137. The third-order valence-electron chi connectivity index (χ3n) is 4.97. The molecule has 5 nitrogen and oxygen atoms in total. The van der Waals surface area contributed by atoms with Crippen molar-refractivity contribution < 1.29 is 22.8 Å². The summed E-state index contributed by atoms with van der Waals surface area (Å²) in [6.45, 7) is 0.658. The van der Waals surface area contributed by atoms with Crippen molar-refractivity contribution >= 4 is 40.8 Å². The zero-order chi connectivity index (χ0) is 22.6. The fourth-order valence-electron chi connectivity index (χ4n) is 3.41. The largest absolute Gasteiger partial charge is 0.416 e. The monoisotopic (exact) mass is 473 g/mol. The van der Waals surface area contributed by atoms with Crippen LogP contribution in [0, 0.1) is 0 Å². The maximum Gasteiger partial charge on any atom is 0.416 e. The highest BCUT2D eigenvalue weighted by Gasteiger charge is 2.34. The van der Waals surface area contributed by atoms with Gasteiger partial charge in [0.05, 0.1) is 5.56 Å². The van der Waals surface area contributed by atoms with Gasteiger partial charge >= 0.3 is 12.2 Å². The molecule has 31 heavy (non-hydrogen) atoms. The van der Waals surface area contributed by atoms with E-state index >= 15 is 0 Å². The van der Waals surface area contributed by atoms with Crippen molar-refractivity contribution in [3.63, 3.8) is 0 Å². The standard InChI is InChI=1S/C21H20Cl2F3N3O2/c22-15-7-6-13(17(23)12-15)8-9-27-19(30)18-5-2-10-29(18)20(31)28-16-4-1-3-14(11-16)21(24,25)26/h1,3-4,6-7,11-12,18H,2,5,8-10H2,(H,27,30)(H,28,31). The average Bonchev–Trinajstić information content (AvgIpc) is 3.19. The number of anilines is 1. The van der Waals surface area contributed by atoms with E-state index in [-0.39, 0.29) is 11.6 Å². The summed E-state index contributed by atoms with van der Waals surface area (Å²) in [6, 6.07) is 8.18. The van der Waals surface area contributed by atoms with Crippen LogP contribution < -0.4 is 10.6 Å². The average molecular weight is 474 g/mol. The van der Waals surface area contributed by atoms with E-state index in [1.807, 2.05) is 0 Å². The molecule has 2 N–H and O–H groups in total. The first-order valence-corrected chi connectivity index (χ1v) is 10.4. The molecule has 1 fully saturated rings. The molecule has 1 aliphatic heterocycles. The second-order valence-corrected chi connectivity index (χ2v) is 7.98. The molecule has 0 aromatic heterocycles. The Balaban J connectivity index is 1.57. The van der Waals surface area contributed by atoms with Crippen LogP contribution in [0.3, 0.4) is 0 Å². The normalized spacial score (nSPS) is 16.3. The van der Waals surface area contributed by atoms with Gasteiger partial charge in [-0.05, 0) is 55.2 Å². The van der Waals surface area contributed by atoms with Crippen molar-refractivity contribution in [2.45, 2.75) is 31.5 Å². The van der Waals surface area contributed by atoms with Crippen LogP contribution in [0.2, 0.25) is 10.0 Å². The first-order chi connectivity index (χ1) is 14.6. The minimum absolute atomic E-state index is 0.0169. The summed E-state index contributed by atoms with van der Waals surface area (Å²) < 4.78 is 38.6. The molecule has 1 atom stereocenters. The molecular weight excluding hydrogens is 454 g/mol. The highest BCUT2D eigenvalue weighted by molar-refractivity contribution is 6.35. The van der Waals surface area contributed by atoms with Gasteiger partial charge in [-0.15, -0.1) is 0 Å². The van der Waals surface area contributed by atoms with Crippen molar-refractivity contribution in [3.8, 4) is 0 Å². The first kappa shape index (κ1) is 23.2. The number of urea groups is 1. The molecule has 2 aromatic rings. The molecular formula is C21H20Cl2F3N3O2. The summed E-state index contributed by atoms with van der Waals surface area (Å²) in [5.74, 6) is -0.318. The number of amides is 3. The molecule has 2 aromatic carbocycles. The van der Waals surface area contributed by atoms with Crippen molar-refractivity contribution in [2.75, 3.05) is 18.4 Å². The highest BCUT2D eigenvalue weighted by Crippen LogP contribution is 2.31. The lowest BCUT2D eigenvalue weighted by Crippen LogP contribution is -2.47. The number of carbonyl (C=O) groups is 2. The summed E-state index contributed by atoms with van der Waals surface area (Å²) >= 11 is 12.0. The third-order valence-corrected chi connectivity index (χ3v) is 5.55. The Labute approximate surface area is 187 Å². The number of nitrogens with zero attached hydrogens (tertiary/aromatic N) is 1. The maximum absolute atomic E-state index is 12.9. The van der Waals surface area contributed by atoms with Crippen LogP contribution in [-0.2, 0) is 17.4 Å². The van der Waals surface area contributed by atoms with E-state index in [1.165, 1.54) is 17.0 Å². The number of nitrogens with one attached hydrogen (secondary N) is 2.